The Labute approximate surface area is 98.4 Å². The number of aromatic nitrogens is 1. The van der Waals surface area contributed by atoms with E-state index >= 15 is 0 Å². The summed E-state index contributed by atoms with van der Waals surface area (Å²) in [7, 11) is 0. The van der Waals surface area contributed by atoms with Gasteiger partial charge in [0.25, 0.3) is 0 Å². The molecule has 98 valence electrons. The zero-order valence-electron chi connectivity index (χ0n) is 10.2. The van der Waals surface area contributed by atoms with Crippen molar-refractivity contribution < 1.29 is 17.7 Å². The highest BCUT2D eigenvalue weighted by Gasteiger charge is 2.26. The average molecular weight is 250 g/mol. The number of hydrogen-bond acceptors (Lipinski definition) is 3. The molecule has 0 saturated heterocycles. The van der Waals surface area contributed by atoms with Crippen molar-refractivity contribution in [3.63, 3.8) is 0 Å². The van der Waals surface area contributed by atoms with Gasteiger partial charge in [-0.1, -0.05) is 5.16 Å². The number of nitrogens with zero attached hydrogens (tertiary/aromatic N) is 1. The maximum Gasteiger partial charge on any atom is 0.389 e. The number of aryl methyl sites for hydroxylation is 2. The summed E-state index contributed by atoms with van der Waals surface area (Å²) in [5.74, 6) is 0.707. The lowest BCUT2D eigenvalue weighted by atomic mass is 10.1. The minimum Gasteiger partial charge on any atom is -0.361 e. The van der Waals surface area contributed by atoms with Crippen LogP contribution < -0.4 is 5.32 Å². The second kappa shape index (κ2) is 5.53. The first-order chi connectivity index (χ1) is 7.81. The maximum absolute atomic E-state index is 11.9. The van der Waals surface area contributed by atoms with E-state index in [2.05, 4.69) is 10.5 Å². The average Bonchev–Trinajstić information content (AvgIpc) is 2.52. The summed E-state index contributed by atoms with van der Waals surface area (Å²) in [4.78, 5) is 0. The molecule has 6 heteroatoms. The molecule has 0 amide bonds. The third-order valence-corrected chi connectivity index (χ3v) is 2.61. The Bertz CT molecular complexity index is 341. The van der Waals surface area contributed by atoms with Gasteiger partial charge in [-0.3, -0.25) is 0 Å². The Morgan fingerprint density at radius 3 is 2.47 bits per heavy atom. The normalized spacial score (nSPS) is 14.0. The lowest BCUT2D eigenvalue weighted by molar-refractivity contribution is -0.135. The molecule has 0 radical (unpaired) electrons. The van der Waals surface area contributed by atoms with Gasteiger partial charge in [0.1, 0.15) is 5.76 Å². The van der Waals surface area contributed by atoms with Crippen molar-refractivity contribution in [2.45, 2.75) is 45.8 Å². The monoisotopic (exact) mass is 250 g/mol. The second-order valence-electron chi connectivity index (χ2n) is 4.13. The quantitative estimate of drug-likeness (QED) is 0.815. The first-order valence-electron chi connectivity index (χ1n) is 5.54. The number of alkyl halides is 3. The SMILES string of the molecule is Cc1noc(C)c1C(C)NCCCC(F)(F)F. The summed E-state index contributed by atoms with van der Waals surface area (Å²) in [5, 5.41) is 6.85. The van der Waals surface area contributed by atoms with Gasteiger partial charge < -0.3 is 9.84 Å². The van der Waals surface area contributed by atoms with E-state index in [0.29, 0.717) is 12.3 Å². The molecule has 1 aromatic rings. The van der Waals surface area contributed by atoms with Gasteiger partial charge >= 0.3 is 6.18 Å². The fourth-order valence-corrected chi connectivity index (χ4v) is 1.82. The summed E-state index contributed by atoms with van der Waals surface area (Å²) >= 11 is 0. The molecule has 0 saturated carbocycles. The van der Waals surface area contributed by atoms with Crippen LogP contribution in [0, 0.1) is 13.8 Å². The predicted molar refractivity (Wildman–Crippen MR) is 57.7 cm³/mol. The zero-order chi connectivity index (χ0) is 13.1. The second-order valence-corrected chi connectivity index (χ2v) is 4.13. The van der Waals surface area contributed by atoms with Gasteiger partial charge in [0.05, 0.1) is 5.69 Å². The van der Waals surface area contributed by atoms with E-state index in [9.17, 15) is 13.2 Å². The molecular formula is C11H17F3N2O. The van der Waals surface area contributed by atoms with E-state index in [1.165, 1.54) is 0 Å². The van der Waals surface area contributed by atoms with Crippen LogP contribution in [0.25, 0.3) is 0 Å². The van der Waals surface area contributed by atoms with Crippen LogP contribution in [0.1, 0.15) is 42.8 Å². The van der Waals surface area contributed by atoms with E-state index < -0.39 is 12.6 Å². The number of hydrogen-bond donors (Lipinski definition) is 1. The summed E-state index contributed by atoms with van der Waals surface area (Å²) < 4.78 is 40.8. The van der Waals surface area contributed by atoms with Crippen molar-refractivity contribution in [3.05, 3.63) is 17.0 Å². The standard InChI is InChI=1S/C11H17F3N2O/c1-7(10-8(2)16-17-9(10)3)15-6-4-5-11(12,13)14/h7,15H,4-6H2,1-3H3. The number of nitrogens with one attached hydrogen (secondary N) is 1. The van der Waals surface area contributed by atoms with Crippen LogP contribution in [0.15, 0.2) is 4.52 Å². The lowest BCUT2D eigenvalue weighted by Gasteiger charge is -2.14. The summed E-state index contributed by atoms with van der Waals surface area (Å²) in [6.07, 6.45) is -4.75. The third-order valence-electron chi connectivity index (χ3n) is 2.61. The van der Waals surface area contributed by atoms with Gasteiger partial charge in [0.15, 0.2) is 0 Å². The smallest absolute Gasteiger partial charge is 0.361 e. The molecule has 0 aliphatic carbocycles. The van der Waals surface area contributed by atoms with Gasteiger partial charge in [-0.2, -0.15) is 13.2 Å². The highest BCUT2D eigenvalue weighted by atomic mass is 19.4. The Kier molecular flexibility index (Phi) is 4.56. The topological polar surface area (TPSA) is 38.1 Å². The minimum atomic E-state index is -4.08. The summed E-state index contributed by atoms with van der Waals surface area (Å²) in [6, 6.07) is -0.0468. The molecule has 0 aromatic carbocycles. The van der Waals surface area contributed by atoms with Crippen molar-refractivity contribution in [1.29, 1.82) is 0 Å². The van der Waals surface area contributed by atoms with Gasteiger partial charge in [0, 0.05) is 18.0 Å². The van der Waals surface area contributed by atoms with Crippen LogP contribution >= 0.6 is 0 Å². The zero-order valence-corrected chi connectivity index (χ0v) is 10.2. The van der Waals surface area contributed by atoms with E-state index in [1.807, 2.05) is 13.8 Å². The molecule has 17 heavy (non-hydrogen) atoms. The van der Waals surface area contributed by atoms with Crippen LogP contribution in [0.3, 0.4) is 0 Å². The molecule has 1 unspecified atom stereocenters. The van der Waals surface area contributed by atoms with Gasteiger partial charge in [-0.25, -0.2) is 0 Å². The largest absolute Gasteiger partial charge is 0.389 e. The summed E-state index contributed by atoms with van der Waals surface area (Å²) in [6.45, 7) is 5.83. The van der Waals surface area contributed by atoms with Crippen LogP contribution in [0.5, 0.6) is 0 Å². The number of halogens is 3. The van der Waals surface area contributed by atoms with Crippen molar-refractivity contribution >= 4 is 0 Å². The molecule has 0 spiro atoms. The highest BCUT2D eigenvalue weighted by molar-refractivity contribution is 5.24. The van der Waals surface area contributed by atoms with Crippen molar-refractivity contribution in [3.8, 4) is 0 Å². The fourth-order valence-electron chi connectivity index (χ4n) is 1.82. The van der Waals surface area contributed by atoms with E-state index in [4.69, 9.17) is 4.52 Å². The van der Waals surface area contributed by atoms with Crippen molar-refractivity contribution in [2.75, 3.05) is 6.54 Å². The molecule has 1 aromatic heterocycles. The van der Waals surface area contributed by atoms with Gasteiger partial charge in [0.2, 0.25) is 0 Å². The van der Waals surface area contributed by atoms with Crippen molar-refractivity contribution in [2.24, 2.45) is 0 Å². The van der Waals surface area contributed by atoms with E-state index in [0.717, 1.165) is 11.3 Å². The van der Waals surface area contributed by atoms with E-state index in [-0.39, 0.29) is 12.5 Å². The first-order valence-corrected chi connectivity index (χ1v) is 5.54. The van der Waals surface area contributed by atoms with Crippen LogP contribution in [0.4, 0.5) is 13.2 Å². The minimum absolute atomic E-state index is 0.0468. The van der Waals surface area contributed by atoms with Crippen LogP contribution in [0.2, 0.25) is 0 Å². The van der Waals surface area contributed by atoms with Gasteiger partial charge in [-0.15, -0.1) is 0 Å². The Hall–Kier alpha value is -1.04. The number of rotatable bonds is 5. The molecule has 0 aliphatic rings. The van der Waals surface area contributed by atoms with Crippen molar-refractivity contribution in [1.82, 2.24) is 10.5 Å². The molecule has 1 heterocycles. The molecular weight excluding hydrogens is 233 g/mol. The molecule has 0 fully saturated rings. The molecule has 0 bridgehead atoms. The predicted octanol–water partition coefficient (Wildman–Crippen LogP) is 3.28. The third kappa shape index (κ3) is 4.38. The Morgan fingerprint density at radius 2 is 2.00 bits per heavy atom. The van der Waals surface area contributed by atoms with Crippen LogP contribution in [-0.2, 0) is 0 Å². The maximum atomic E-state index is 11.9. The van der Waals surface area contributed by atoms with E-state index in [1.54, 1.807) is 6.92 Å². The Morgan fingerprint density at radius 1 is 1.35 bits per heavy atom. The highest BCUT2D eigenvalue weighted by Crippen LogP contribution is 2.23. The molecule has 1 rings (SSSR count). The first kappa shape index (κ1) is 14.0. The molecule has 1 N–H and O–H groups in total. The lowest BCUT2D eigenvalue weighted by Crippen LogP contribution is -2.22. The van der Waals surface area contributed by atoms with Gasteiger partial charge in [-0.05, 0) is 33.7 Å². The molecule has 1 atom stereocenters. The molecule has 3 nitrogen and oxygen atoms in total. The fraction of sp³-hybridized carbons (Fsp3) is 0.727. The summed E-state index contributed by atoms with van der Waals surface area (Å²) in [5.41, 5.74) is 1.70. The molecule has 0 aliphatic heterocycles. The van der Waals surface area contributed by atoms with Crippen LogP contribution in [-0.4, -0.2) is 17.9 Å². The Balaban J connectivity index is 2.38.